The number of rotatable bonds is 1. The highest BCUT2D eigenvalue weighted by Crippen LogP contribution is 2.36. The van der Waals surface area contributed by atoms with Crippen molar-refractivity contribution >= 4 is 0 Å². The molecule has 0 aromatic heterocycles. The fraction of sp³-hybridized carbons (Fsp3) is 1.00. The first kappa shape index (κ1) is 84.7. The van der Waals surface area contributed by atoms with Gasteiger partial charge in [0.1, 0.15) is 0 Å². The quantitative estimate of drug-likeness (QED) is 0.267. The van der Waals surface area contributed by atoms with Crippen LogP contribution in [-0.4, -0.2) is 0 Å². The minimum absolute atomic E-state index is 0. The van der Waals surface area contributed by atoms with E-state index in [1.807, 2.05) is 0 Å². The van der Waals surface area contributed by atoms with Gasteiger partial charge in [-0.2, -0.15) is 0 Å². The summed E-state index contributed by atoms with van der Waals surface area (Å²) >= 11 is 0. The van der Waals surface area contributed by atoms with Crippen LogP contribution in [0.1, 0.15) is 251 Å². The normalized spacial score (nSPS) is 10.4. The van der Waals surface area contributed by atoms with Crippen molar-refractivity contribution in [2.45, 2.75) is 251 Å². The minimum atomic E-state index is 0. The molecule has 0 saturated heterocycles. The number of hydrogen-bond donors (Lipinski definition) is 0. The van der Waals surface area contributed by atoms with Crippen LogP contribution in [0.25, 0.3) is 0 Å². The van der Waals surface area contributed by atoms with Crippen molar-refractivity contribution in [1.82, 2.24) is 0 Å². The summed E-state index contributed by atoms with van der Waals surface area (Å²) in [4.78, 5) is 0. The van der Waals surface area contributed by atoms with Crippen LogP contribution in [0.15, 0.2) is 0 Å². The SMILES string of the molecule is C.C.C.C.C.C.C.CC(C)(C)C.CC(C)(C)C(C)(C)C.CC(C)C.CC(C)C(C)(C)C.CCC(C)(C)C.CCCC(C)(C)C. The molecule has 0 N–H and O–H groups in total. The van der Waals surface area contributed by atoms with E-state index in [-0.39, 0.29) is 52.0 Å². The standard InChI is InChI=1S/C8H18.2C7H16.C6H14.C5H12.C4H10.7CH4/c1-7(2,3)8(4,5)6;1-6(2)7(3,4)5;1-5-6-7(2,3)4;1-5-6(2,3)4;1-5(2,3)4;1-4(2)3;;;;;;;/h1-6H3;6H,1-5H3;5-6H2,1-4H3;5H2,1-4H3;1-4H3;4H,1-3H3;7*1H4. The topological polar surface area (TPSA) is 0 Å². The van der Waals surface area contributed by atoms with Crippen LogP contribution < -0.4 is 0 Å². The molecule has 44 heavy (non-hydrogen) atoms. The van der Waals surface area contributed by atoms with Crippen molar-refractivity contribution in [2.24, 2.45) is 44.3 Å². The van der Waals surface area contributed by atoms with Gasteiger partial charge >= 0.3 is 0 Å². The molecule has 0 aliphatic carbocycles. The molecule has 0 radical (unpaired) electrons. The van der Waals surface area contributed by atoms with Crippen molar-refractivity contribution in [3.63, 3.8) is 0 Å². The maximum Gasteiger partial charge on any atom is -0.0334 e. The third kappa shape index (κ3) is 146. The second kappa shape index (κ2) is 37.5. The van der Waals surface area contributed by atoms with E-state index in [0.717, 1.165) is 11.8 Å². The van der Waals surface area contributed by atoms with E-state index in [1.54, 1.807) is 0 Å². The molecule has 0 fully saturated rings. The molecule has 0 aliphatic heterocycles. The molecule has 0 atom stereocenters. The van der Waals surface area contributed by atoms with Gasteiger partial charge in [-0.15, -0.1) is 0 Å². The Morgan fingerprint density at radius 1 is 0.386 bits per heavy atom. The molecule has 0 rings (SSSR count). The van der Waals surface area contributed by atoms with Gasteiger partial charge in [0.25, 0.3) is 0 Å². The van der Waals surface area contributed by atoms with Gasteiger partial charge in [-0.1, -0.05) is 245 Å². The lowest BCUT2D eigenvalue weighted by molar-refractivity contribution is 0.157. The van der Waals surface area contributed by atoms with Crippen LogP contribution in [0.4, 0.5) is 0 Å². The lowest BCUT2D eigenvalue weighted by Gasteiger charge is -2.34. The maximum absolute atomic E-state index is 2.27. The molecule has 0 aliphatic rings. The average Bonchev–Trinajstić information content (AvgIpc) is 2.49. The second-order valence-corrected chi connectivity index (χ2v) is 19.0. The lowest BCUT2D eigenvalue weighted by Crippen LogP contribution is -2.25. The first-order valence-electron chi connectivity index (χ1n) is 15.5. The van der Waals surface area contributed by atoms with E-state index in [4.69, 9.17) is 0 Å². The molecule has 290 valence electrons. The van der Waals surface area contributed by atoms with E-state index < -0.39 is 0 Å². The molecule has 0 aromatic rings. The Balaban J connectivity index is -0.0000000233. The Morgan fingerprint density at radius 3 is 0.523 bits per heavy atom. The molecule has 0 nitrogen and oxygen atoms in total. The molecule has 0 heteroatoms. The van der Waals surface area contributed by atoms with Crippen molar-refractivity contribution in [3.05, 3.63) is 0 Å². The van der Waals surface area contributed by atoms with Crippen LogP contribution in [0.3, 0.4) is 0 Å². The minimum Gasteiger partial charge on any atom is -0.0776 e. The summed E-state index contributed by atoms with van der Waals surface area (Å²) in [5.74, 6) is 1.63. The highest BCUT2D eigenvalue weighted by Gasteiger charge is 2.26. The van der Waals surface area contributed by atoms with Crippen LogP contribution >= 0.6 is 0 Å². The summed E-state index contributed by atoms with van der Waals surface area (Å²) in [7, 11) is 0. The summed E-state index contributed by atoms with van der Waals surface area (Å²) in [5, 5.41) is 0. The van der Waals surface area contributed by atoms with Gasteiger partial charge < -0.3 is 0 Å². The van der Waals surface area contributed by atoms with Crippen LogP contribution in [0.5, 0.6) is 0 Å². The van der Waals surface area contributed by atoms with Crippen molar-refractivity contribution in [3.8, 4) is 0 Å². The zero-order valence-electron chi connectivity index (χ0n) is 32.3. The summed E-state index contributed by atoms with van der Waals surface area (Å²) < 4.78 is 0. The fourth-order valence-electron chi connectivity index (χ4n) is 0.750. The van der Waals surface area contributed by atoms with Gasteiger partial charge in [0.05, 0.1) is 0 Å². The summed E-state index contributed by atoms with van der Waals surface area (Å²) in [6.07, 6.45) is 3.92. The zero-order chi connectivity index (χ0) is 32.3. The zero-order valence-corrected chi connectivity index (χ0v) is 32.3. The molecule has 0 heterocycles. The molecule has 0 amide bonds. The van der Waals surface area contributed by atoms with Gasteiger partial charge in [0.2, 0.25) is 0 Å². The maximum atomic E-state index is 2.27. The summed E-state index contributed by atoms with van der Waals surface area (Å²) in [6.45, 7) is 58.1. The molecule has 0 aromatic carbocycles. The lowest BCUT2D eigenvalue weighted by atomic mass is 9.71. The van der Waals surface area contributed by atoms with Gasteiger partial charge in [0.15, 0.2) is 0 Å². The number of hydrogen-bond acceptors (Lipinski definition) is 0. The Morgan fingerprint density at radius 2 is 0.523 bits per heavy atom. The van der Waals surface area contributed by atoms with E-state index >= 15 is 0 Å². The highest BCUT2D eigenvalue weighted by atomic mass is 14.3. The average molecular weight is 643 g/mol. The van der Waals surface area contributed by atoms with Crippen LogP contribution in [-0.2, 0) is 0 Å². The van der Waals surface area contributed by atoms with Gasteiger partial charge in [-0.05, 0) is 50.7 Å². The van der Waals surface area contributed by atoms with Gasteiger partial charge in [-0.25, -0.2) is 0 Å². The molecule has 0 unspecified atom stereocenters. The third-order valence-electron chi connectivity index (χ3n) is 6.04. The monoisotopic (exact) mass is 643 g/mol. The van der Waals surface area contributed by atoms with Crippen molar-refractivity contribution in [2.75, 3.05) is 0 Å². The third-order valence-corrected chi connectivity index (χ3v) is 6.04. The first-order chi connectivity index (χ1) is 15.5. The highest BCUT2D eigenvalue weighted by molar-refractivity contribution is 4.77. The van der Waals surface area contributed by atoms with Gasteiger partial charge in [0, 0.05) is 0 Å². The van der Waals surface area contributed by atoms with E-state index in [9.17, 15) is 0 Å². The van der Waals surface area contributed by atoms with Crippen LogP contribution in [0.2, 0.25) is 0 Å². The molecular weight excluding hydrogens is 528 g/mol. The van der Waals surface area contributed by atoms with E-state index in [2.05, 4.69) is 180 Å². The van der Waals surface area contributed by atoms with E-state index in [0.29, 0.717) is 32.5 Å². The Hall–Kier alpha value is 0. The molecular formula is C44H114. The Bertz CT molecular complexity index is 412. The predicted molar refractivity (Wildman–Crippen MR) is 230 cm³/mol. The second-order valence-electron chi connectivity index (χ2n) is 19.0. The Kier molecular flexibility index (Phi) is 72.1. The summed E-state index contributed by atoms with van der Waals surface area (Å²) in [6, 6.07) is 0. The largest absolute Gasteiger partial charge is 0.0776 e. The van der Waals surface area contributed by atoms with E-state index in [1.165, 1.54) is 19.3 Å². The molecule has 0 saturated carbocycles. The van der Waals surface area contributed by atoms with Gasteiger partial charge in [-0.3, -0.25) is 0 Å². The van der Waals surface area contributed by atoms with Crippen LogP contribution in [0, 0.1) is 44.3 Å². The van der Waals surface area contributed by atoms with Crippen molar-refractivity contribution in [1.29, 1.82) is 0 Å². The van der Waals surface area contributed by atoms with Crippen molar-refractivity contribution < 1.29 is 0 Å². The Labute approximate surface area is 295 Å². The fourth-order valence-corrected chi connectivity index (χ4v) is 0.750. The molecule has 0 spiro atoms. The summed E-state index contributed by atoms with van der Waals surface area (Å²) in [5.41, 5.74) is 2.97. The first-order valence-corrected chi connectivity index (χ1v) is 15.5. The molecule has 0 bridgehead atoms. The smallest absolute Gasteiger partial charge is 0.0334 e. The predicted octanol–water partition coefficient (Wildman–Crippen LogP) is 19.2.